The number of carbonyl (C=O) groups excluding carboxylic acids is 3. The molecule has 1 saturated heterocycles. The first-order valence-electron chi connectivity index (χ1n) is 13.0. The van der Waals surface area contributed by atoms with Gasteiger partial charge in [0.2, 0.25) is 11.8 Å². The van der Waals surface area contributed by atoms with Crippen molar-refractivity contribution in [3.05, 3.63) is 129 Å². The molecule has 5 nitrogen and oxygen atoms in total. The molecule has 0 spiro atoms. The molecule has 1 heterocycles. The van der Waals surface area contributed by atoms with Gasteiger partial charge in [0, 0.05) is 21.9 Å². The van der Waals surface area contributed by atoms with Gasteiger partial charge in [-0.15, -0.1) is 0 Å². The molecule has 8 rings (SSSR count). The molecule has 4 aromatic carbocycles. The number of carbonyl (C=O) groups is 3. The molecule has 2 unspecified atom stereocenters. The fourth-order valence-electron chi connectivity index (χ4n) is 6.75. The van der Waals surface area contributed by atoms with Crippen LogP contribution in [0.25, 0.3) is 0 Å². The molecular weight excluding hydrogens is 554 g/mol. The molecule has 39 heavy (non-hydrogen) atoms. The van der Waals surface area contributed by atoms with Crippen molar-refractivity contribution < 1.29 is 19.1 Å². The maximum atomic E-state index is 14.0. The van der Waals surface area contributed by atoms with E-state index >= 15 is 0 Å². The molecule has 2 amide bonds. The predicted octanol–water partition coefficient (Wildman–Crippen LogP) is 6.42. The summed E-state index contributed by atoms with van der Waals surface area (Å²) < 4.78 is 6.68. The molecule has 3 aliphatic carbocycles. The van der Waals surface area contributed by atoms with Gasteiger partial charge in [-0.2, -0.15) is 0 Å². The van der Waals surface area contributed by atoms with Crippen LogP contribution in [-0.2, 0) is 9.59 Å². The topological polar surface area (TPSA) is 63.7 Å². The van der Waals surface area contributed by atoms with Gasteiger partial charge in [-0.3, -0.25) is 14.4 Å². The van der Waals surface area contributed by atoms with Crippen LogP contribution in [0.15, 0.2) is 95.5 Å². The normalized spacial score (nSPS) is 22.4. The van der Waals surface area contributed by atoms with Crippen molar-refractivity contribution in [1.29, 1.82) is 0 Å². The van der Waals surface area contributed by atoms with Crippen molar-refractivity contribution in [3.8, 4) is 5.75 Å². The van der Waals surface area contributed by atoms with E-state index in [0.29, 0.717) is 17.0 Å². The molecule has 1 aliphatic heterocycles. The van der Waals surface area contributed by atoms with Gasteiger partial charge in [0.05, 0.1) is 17.5 Å². The summed E-state index contributed by atoms with van der Waals surface area (Å²) in [7, 11) is 0. The minimum Gasteiger partial charge on any atom is -0.485 e. The van der Waals surface area contributed by atoms with Crippen LogP contribution in [0, 0.1) is 18.8 Å². The number of Topliss-reactive ketones (excluding diaryl/α,β-unsaturated/α-hetero) is 1. The smallest absolute Gasteiger partial charge is 0.238 e. The van der Waals surface area contributed by atoms with E-state index in [2.05, 4.69) is 40.2 Å². The number of ether oxygens (including phenoxy) is 1. The first-order valence-corrected chi connectivity index (χ1v) is 13.8. The Bertz CT molecular complexity index is 1560. The van der Waals surface area contributed by atoms with E-state index in [4.69, 9.17) is 4.74 Å². The second-order valence-electron chi connectivity index (χ2n) is 10.4. The zero-order valence-electron chi connectivity index (χ0n) is 21.1. The lowest BCUT2D eigenvalue weighted by Gasteiger charge is -2.45. The minimum atomic E-state index is -0.425. The summed E-state index contributed by atoms with van der Waals surface area (Å²) in [6, 6.07) is 28.9. The lowest BCUT2D eigenvalue weighted by Crippen LogP contribution is -2.41. The van der Waals surface area contributed by atoms with E-state index in [1.165, 1.54) is 4.90 Å². The van der Waals surface area contributed by atoms with Crippen molar-refractivity contribution in [2.75, 3.05) is 11.5 Å². The number of anilines is 1. The maximum absolute atomic E-state index is 14.0. The van der Waals surface area contributed by atoms with Crippen LogP contribution in [0.1, 0.15) is 50.0 Å². The van der Waals surface area contributed by atoms with Gasteiger partial charge in [-0.25, -0.2) is 4.90 Å². The standard InChI is InChI=1S/C33H24BrNO4/c1-18-16-21(39-17-27(36)19-10-12-20(34)13-11-19)14-15-26(18)35-32(37)30-28-22-6-2-3-7-23(22)29(31(30)33(35)38)25-9-5-4-8-24(25)28/h2-16,28-31H,17H2,1H3. The van der Waals surface area contributed by atoms with E-state index in [9.17, 15) is 14.4 Å². The van der Waals surface area contributed by atoms with Crippen LogP contribution < -0.4 is 9.64 Å². The lowest BCUT2D eigenvalue weighted by atomic mass is 9.55. The van der Waals surface area contributed by atoms with Gasteiger partial charge in [0.15, 0.2) is 12.4 Å². The highest BCUT2D eigenvalue weighted by atomic mass is 79.9. The summed E-state index contributed by atoms with van der Waals surface area (Å²) in [6.45, 7) is 1.76. The highest BCUT2D eigenvalue weighted by Crippen LogP contribution is 2.61. The molecule has 0 saturated carbocycles. The van der Waals surface area contributed by atoms with Gasteiger partial charge < -0.3 is 4.74 Å². The van der Waals surface area contributed by atoms with E-state index in [-0.39, 0.29) is 36.0 Å². The minimum absolute atomic E-state index is 0.105. The number of aryl methyl sites for hydroxylation is 1. The Labute approximate surface area is 234 Å². The average molecular weight is 578 g/mol. The van der Waals surface area contributed by atoms with E-state index in [1.807, 2.05) is 43.3 Å². The molecule has 2 bridgehead atoms. The van der Waals surface area contributed by atoms with Gasteiger partial charge in [0.25, 0.3) is 0 Å². The number of rotatable bonds is 5. The molecule has 192 valence electrons. The van der Waals surface area contributed by atoms with Crippen LogP contribution in [0.2, 0.25) is 0 Å². The van der Waals surface area contributed by atoms with Gasteiger partial charge in [-0.05, 0) is 65.1 Å². The maximum Gasteiger partial charge on any atom is 0.238 e. The Morgan fingerprint density at radius 1 is 0.769 bits per heavy atom. The van der Waals surface area contributed by atoms with Gasteiger partial charge in [0.1, 0.15) is 5.75 Å². The third kappa shape index (κ3) is 3.62. The quantitative estimate of drug-likeness (QED) is 0.203. The Kier molecular flexibility index (Phi) is 5.56. The largest absolute Gasteiger partial charge is 0.485 e. The van der Waals surface area contributed by atoms with E-state index < -0.39 is 11.8 Å². The fourth-order valence-corrected chi connectivity index (χ4v) is 7.02. The lowest BCUT2D eigenvalue weighted by molar-refractivity contribution is -0.122. The van der Waals surface area contributed by atoms with Crippen molar-refractivity contribution in [3.63, 3.8) is 0 Å². The summed E-state index contributed by atoms with van der Waals surface area (Å²) in [5, 5.41) is 0. The van der Waals surface area contributed by atoms with Crippen LogP contribution in [0.3, 0.4) is 0 Å². The number of hydrogen-bond acceptors (Lipinski definition) is 4. The van der Waals surface area contributed by atoms with Gasteiger partial charge in [-0.1, -0.05) is 76.6 Å². The number of halogens is 1. The number of amides is 2. The highest BCUT2D eigenvalue weighted by molar-refractivity contribution is 9.10. The molecule has 4 aromatic rings. The number of nitrogens with zero attached hydrogens (tertiary/aromatic N) is 1. The van der Waals surface area contributed by atoms with E-state index in [0.717, 1.165) is 32.3 Å². The van der Waals surface area contributed by atoms with Crippen LogP contribution in [0.4, 0.5) is 5.69 Å². The SMILES string of the molecule is Cc1cc(OCC(=O)c2ccc(Br)cc2)ccc1N1C(=O)C2C3c4ccccc4C(c4ccccc43)C2C1=O. The van der Waals surface area contributed by atoms with Crippen molar-refractivity contribution in [2.24, 2.45) is 11.8 Å². The van der Waals surface area contributed by atoms with Crippen molar-refractivity contribution in [1.82, 2.24) is 0 Å². The number of benzene rings is 4. The zero-order chi connectivity index (χ0) is 26.8. The highest BCUT2D eigenvalue weighted by Gasteiger charge is 2.61. The third-order valence-corrected chi connectivity index (χ3v) is 8.92. The summed E-state index contributed by atoms with van der Waals surface area (Å²) in [5.41, 5.74) is 6.49. The molecule has 2 atom stereocenters. The molecule has 0 aromatic heterocycles. The molecule has 4 aliphatic rings. The molecule has 0 radical (unpaired) electrons. The van der Waals surface area contributed by atoms with E-state index in [1.54, 1.807) is 30.3 Å². The molecule has 6 heteroatoms. The van der Waals surface area contributed by atoms with Gasteiger partial charge >= 0.3 is 0 Å². The summed E-state index contributed by atoms with van der Waals surface area (Å²) >= 11 is 3.37. The fraction of sp³-hybridized carbons (Fsp3) is 0.182. The van der Waals surface area contributed by atoms with Crippen molar-refractivity contribution in [2.45, 2.75) is 18.8 Å². The second kappa shape index (κ2) is 9.02. The monoisotopic (exact) mass is 577 g/mol. The number of hydrogen-bond donors (Lipinski definition) is 0. The summed E-state index contributed by atoms with van der Waals surface area (Å²) in [4.78, 5) is 42.0. The predicted molar refractivity (Wildman–Crippen MR) is 151 cm³/mol. The molecular formula is C33H24BrNO4. The first kappa shape index (κ1) is 24.0. The summed E-state index contributed by atoms with van der Waals surface area (Å²) in [6.07, 6.45) is 0. The Hall–Kier alpha value is -4.03. The summed E-state index contributed by atoms with van der Waals surface area (Å²) in [5.74, 6) is -1.04. The Morgan fingerprint density at radius 3 is 1.77 bits per heavy atom. The second-order valence-corrected chi connectivity index (χ2v) is 11.4. The number of ketones is 1. The average Bonchev–Trinajstić information content (AvgIpc) is 3.22. The van der Waals surface area contributed by atoms with Crippen molar-refractivity contribution >= 4 is 39.2 Å². The van der Waals surface area contributed by atoms with Crippen LogP contribution in [-0.4, -0.2) is 24.2 Å². The van der Waals surface area contributed by atoms with Crippen LogP contribution in [0.5, 0.6) is 5.75 Å². The Morgan fingerprint density at radius 2 is 1.28 bits per heavy atom. The zero-order valence-corrected chi connectivity index (χ0v) is 22.7. The number of imide groups is 1. The first-order chi connectivity index (χ1) is 18.9. The Balaban J connectivity index is 1.18. The van der Waals surface area contributed by atoms with Crippen LogP contribution >= 0.6 is 15.9 Å². The third-order valence-electron chi connectivity index (χ3n) is 8.39. The molecule has 1 fully saturated rings. The molecule has 0 N–H and O–H groups in total.